The van der Waals surface area contributed by atoms with Crippen LogP contribution < -0.4 is 11.1 Å². The maximum absolute atomic E-state index is 13.5. The van der Waals surface area contributed by atoms with Gasteiger partial charge in [0.15, 0.2) is 11.0 Å². The summed E-state index contributed by atoms with van der Waals surface area (Å²) in [5.74, 6) is 0.464. The molecule has 1 saturated carbocycles. The largest absolute Gasteiger partial charge is 0.396 e. The molecule has 1 aliphatic rings. The Hall–Kier alpha value is -3.73. The fraction of sp³-hybridized carbons (Fsp3) is 0.250. The highest BCUT2D eigenvalue weighted by molar-refractivity contribution is 7.83. The molecule has 11 heteroatoms. The van der Waals surface area contributed by atoms with Crippen molar-refractivity contribution in [2.75, 3.05) is 11.1 Å². The Morgan fingerprint density at radius 3 is 2.56 bits per heavy atom. The fourth-order valence-electron chi connectivity index (χ4n) is 5.16. The quantitative estimate of drug-likeness (QED) is 0.258. The molecule has 6 rings (SSSR count). The van der Waals surface area contributed by atoms with Gasteiger partial charge >= 0.3 is 0 Å². The molecular formula is C28H28ClN7O2S. The van der Waals surface area contributed by atoms with Gasteiger partial charge in [0.05, 0.1) is 51.4 Å². The molecule has 0 aliphatic heterocycles. The molecule has 1 fully saturated rings. The number of nitrogens with one attached hydrogen (secondary N) is 1. The monoisotopic (exact) mass is 561 g/mol. The zero-order chi connectivity index (χ0) is 27.0. The van der Waals surface area contributed by atoms with Crippen molar-refractivity contribution in [2.24, 2.45) is 0 Å². The van der Waals surface area contributed by atoms with E-state index >= 15 is 0 Å². The van der Waals surface area contributed by atoms with Crippen LogP contribution in [-0.4, -0.2) is 44.7 Å². The second kappa shape index (κ2) is 10.4. The number of hydrogen-bond donors (Lipinski definition) is 3. The number of aromatic nitrogens is 5. The molecule has 1 unspecified atom stereocenters. The molecule has 0 bridgehead atoms. The third-order valence-electron chi connectivity index (χ3n) is 7.16. The lowest BCUT2D eigenvalue weighted by Gasteiger charge is -2.36. The molecule has 0 amide bonds. The van der Waals surface area contributed by atoms with Crippen LogP contribution in [0.15, 0.2) is 84.3 Å². The normalized spacial score (nSPS) is 20.2. The van der Waals surface area contributed by atoms with Gasteiger partial charge in [-0.1, -0.05) is 48.0 Å². The molecule has 200 valence electrons. The molecule has 1 aliphatic carbocycles. The highest BCUT2D eigenvalue weighted by atomic mass is 35.5. The van der Waals surface area contributed by atoms with Crippen LogP contribution in [0.4, 0.5) is 11.6 Å². The number of hydrogen-bond acceptors (Lipinski definition) is 7. The smallest absolute Gasteiger partial charge is 0.223 e. The van der Waals surface area contributed by atoms with Crippen molar-refractivity contribution in [1.29, 1.82) is 0 Å². The Morgan fingerprint density at radius 2 is 1.82 bits per heavy atom. The number of nitrogens with two attached hydrogens (primary N) is 1. The molecule has 3 aromatic heterocycles. The minimum Gasteiger partial charge on any atom is -0.396 e. The standard InChI is InChI=1S/C28H28ClN7O2S/c29-24-15-31-27(33-20-10-12-28(37,13-11-20)18-35-16-19(30)14-32-35)34-26(24)23-17-36(25-9-5-4-8-22(23)25)39(38)21-6-2-1-3-7-21/h1-9,14-17,20,37H,10-13,18,30H2,(H,31,33,34). The lowest BCUT2D eigenvalue weighted by molar-refractivity contribution is -0.0166. The average Bonchev–Trinajstić information content (AvgIpc) is 3.54. The third kappa shape index (κ3) is 5.27. The molecule has 9 nitrogen and oxygen atoms in total. The number of halogens is 1. The number of para-hydroxylation sites is 1. The molecule has 0 spiro atoms. The Balaban J connectivity index is 1.24. The molecule has 1 atom stereocenters. The Kier molecular flexibility index (Phi) is 6.84. The summed E-state index contributed by atoms with van der Waals surface area (Å²) in [4.78, 5) is 9.91. The van der Waals surface area contributed by atoms with Gasteiger partial charge in [-0.15, -0.1) is 0 Å². The van der Waals surface area contributed by atoms with Crippen molar-refractivity contribution in [3.05, 3.63) is 84.4 Å². The SMILES string of the molecule is Nc1cnn(CC2(O)CCC(Nc3ncc(Cl)c(-c4cn(S(=O)c5ccccc5)c5ccccc45)n3)CC2)c1. The van der Waals surface area contributed by atoms with E-state index < -0.39 is 16.6 Å². The molecule has 2 aromatic carbocycles. The Labute approximate surface area is 233 Å². The molecule has 0 saturated heterocycles. The van der Waals surface area contributed by atoms with Crippen LogP contribution in [0.1, 0.15) is 25.7 Å². The second-order valence-corrected chi connectivity index (χ2v) is 11.7. The lowest BCUT2D eigenvalue weighted by Crippen LogP contribution is -2.41. The first-order valence-electron chi connectivity index (χ1n) is 12.8. The molecule has 39 heavy (non-hydrogen) atoms. The van der Waals surface area contributed by atoms with E-state index in [4.69, 9.17) is 22.3 Å². The summed E-state index contributed by atoms with van der Waals surface area (Å²) in [6, 6.07) is 17.2. The summed E-state index contributed by atoms with van der Waals surface area (Å²) in [5.41, 5.74) is 7.68. The third-order valence-corrected chi connectivity index (χ3v) is 8.77. The van der Waals surface area contributed by atoms with E-state index in [-0.39, 0.29) is 6.04 Å². The lowest BCUT2D eigenvalue weighted by atomic mass is 9.82. The van der Waals surface area contributed by atoms with Crippen LogP contribution >= 0.6 is 11.6 Å². The van der Waals surface area contributed by atoms with Gasteiger partial charge in [-0.2, -0.15) is 5.10 Å². The fourth-order valence-corrected chi connectivity index (χ4v) is 6.51. The maximum Gasteiger partial charge on any atom is 0.223 e. The first kappa shape index (κ1) is 25.5. The summed E-state index contributed by atoms with van der Waals surface area (Å²) in [5, 5.41) is 20.0. The highest BCUT2D eigenvalue weighted by Gasteiger charge is 2.34. The topological polar surface area (TPSA) is 124 Å². The van der Waals surface area contributed by atoms with Gasteiger partial charge in [-0.3, -0.25) is 8.65 Å². The van der Waals surface area contributed by atoms with Gasteiger partial charge < -0.3 is 16.2 Å². The van der Waals surface area contributed by atoms with Gasteiger partial charge in [0.2, 0.25) is 5.95 Å². The number of benzene rings is 2. The summed E-state index contributed by atoms with van der Waals surface area (Å²) in [6.45, 7) is 0.410. The first-order valence-corrected chi connectivity index (χ1v) is 14.2. The van der Waals surface area contributed by atoms with Crippen LogP contribution in [0.25, 0.3) is 22.2 Å². The highest BCUT2D eigenvalue weighted by Crippen LogP contribution is 2.36. The zero-order valence-corrected chi connectivity index (χ0v) is 22.6. The Bertz CT molecular complexity index is 1640. The van der Waals surface area contributed by atoms with E-state index in [9.17, 15) is 9.32 Å². The number of rotatable bonds is 7. The Morgan fingerprint density at radius 1 is 1.08 bits per heavy atom. The van der Waals surface area contributed by atoms with Crippen LogP contribution in [0.3, 0.4) is 0 Å². The van der Waals surface area contributed by atoms with Gasteiger partial charge in [-0.05, 0) is 43.9 Å². The van der Waals surface area contributed by atoms with Crippen LogP contribution in [-0.2, 0) is 17.5 Å². The predicted octanol–water partition coefficient (Wildman–Crippen LogP) is 4.89. The minimum absolute atomic E-state index is 0.105. The number of nitrogens with zero attached hydrogens (tertiary/aromatic N) is 5. The van der Waals surface area contributed by atoms with Crippen molar-refractivity contribution in [3.8, 4) is 11.3 Å². The maximum atomic E-state index is 13.5. The van der Waals surface area contributed by atoms with Crippen LogP contribution in [0.5, 0.6) is 0 Å². The predicted molar refractivity (Wildman–Crippen MR) is 154 cm³/mol. The van der Waals surface area contributed by atoms with E-state index in [2.05, 4.69) is 15.4 Å². The number of anilines is 2. The first-order chi connectivity index (χ1) is 18.9. The van der Waals surface area contributed by atoms with E-state index in [0.717, 1.165) is 29.3 Å². The summed E-state index contributed by atoms with van der Waals surface area (Å²) < 4.78 is 16.9. The van der Waals surface area contributed by atoms with Gasteiger partial charge in [-0.25, -0.2) is 14.2 Å². The van der Waals surface area contributed by atoms with Crippen molar-refractivity contribution in [2.45, 2.75) is 48.8 Å². The second-order valence-electron chi connectivity index (χ2n) is 9.95. The number of nitrogen functional groups attached to an aromatic ring is 1. The molecule has 5 aromatic rings. The van der Waals surface area contributed by atoms with Gasteiger partial charge in [0.25, 0.3) is 0 Å². The summed E-state index contributed by atoms with van der Waals surface area (Å²) >= 11 is 6.61. The van der Waals surface area contributed by atoms with Crippen molar-refractivity contribution >= 4 is 45.1 Å². The molecule has 0 radical (unpaired) electrons. The molecule has 4 N–H and O–H groups in total. The molecular weight excluding hydrogens is 534 g/mol. The van der Waals surface area contributed by atoms with E-state index in [1.807, 2.05) is 60.8 Å². The van der Waals surface area contributed by atoms with E-state index in [1.54, 1.807) is 27.2 Å². The van der Waals surface area contributed by atoms with Crippen LogP contribution in [0, 0.1) is 0 Å². The van der Waals surface area contributed by atoms with E-state index in [0.29, 0.717) is 46.6 Å². The minimum atomic E-state index is -1.44. The number of aliphatic hydroxyl groups is 1. The zero-order valence-electron chi connectivity index (χ0n) is 21.1. The van der Waals surface area contributed by atoms with Gasteiger partial charge in [0.1, 0.15) is 0 Å². The van der Waals surface area contributed by atoms with Crippen molar-refractivity contribution in [1.82, 2.24) is 23.7 Å². The van der Waals surface area contributed by atoms with E-state index in [1.165, 1.54) is 0 Å². The summed E-state index contributed by atoms with van der Waals surface area (Å²) in [6.07, 6.45) is 9.49. The van der Waals surface area contributed by atoms with Crippen LogP contribution in [0.2, 0.25) is 5.02 Å². The van der Waals surface area contributed by atoms with Gasteiger partial charge in [0, 0.05) is 29.4 Å². The molecule has 3 heterocycles. The van der Waals surface area contributed by atoms with Crippen molar-refractivity contribution in [3.63, 3.8) is 0 Å². The number of fused-ring (bicyclic) bond motifs is 1. The summed E-state index contributed by atoms with van der Waals surface area (Å²) in [7, 11) is -1.44. The average molecular weight is 562 g/mol. The van der Waals surface area contributed by atoms with Crippen molar-refractivity contribution < 1.29 is 9.32 Å².